The van der Waals surface area contributed by atoms with Crippen molar-refractivity contribution in [3.05, 3.63) is 41.3 Å². The summed E-state index contributed by atoms with van der Waals surface area (Å²) >= 11 is 6.17. The van der Waals surface area contributed by atoms with E-state index in [1.807, 2.05) is 0 Å². The lowest BCUT2D eigenvalue weighted by Crippen LogP contribution is -2.07. The number of aromatic nitrogens is 7. The molecule has 4 aromatic rings. The molecule has 4 aromatic heterocycles. The monoisotopic (exact) mass is 400 g/mol. The van der Waals surface area contributed by atoms with Crippen molar-refractivity contribution in [1.82, 2.24) is 34.5 Å². The van der Waals surface area contributed by atoms with Crippen molar-refractivity contribution in [1.29, 1.82) is 0 Å². The molecule has 142 valence electrons. The first kappa shape index (κ1) is 16.9. The molecule has 0 saturated carbocycles. The van der Waals surface area contributed by atoms with Gasteiger partial charge in [-0.15, -0.1) is 5.10 Å². The minimum Gasteiger partial charge on any atom is -0.475 e. The first-order valence-corrected chi connectivity index (χ1v) is 8.97. The number of nitrogens with one attached hydrogen (secondary N) is 1. The number of aryl methyl sites for hydroxylation is 2. The van der Waals surface area contributed by atoms with Crippen molar-refractivity contribution in [3.8, 4) is 11.6 Å². The maximum Gasteiger partial charge on any atom is 0.257 e. The van der Waals surface area contributed by atoms with Crippen LogP contribution in [0.5, 0.6) is 5.88 Å². The van der Waals surface area contributed by atoms with Crippen LogP contribution in [0.15, 0.2) is 24.7 Å². The second-order valence-corrected chi connectivity index (χ2v) is 6.68. The Balaban J connectivity index is 1.60. The van der Waals surface area contributed by atoms with Crippen molar-refractivity contribution in [3.63, 3.8) is 0 Å². The Morgan fingerprint density at radius 2 is 2.14 bits per heavy atom. The van der Waals surface area contributed by atoms with E-state index in [1.165, 1.54) is 16.9 Å². The summed E-state index contributed by atoms with van der Waals surface area (Å²) in [5.41, 5.74) is 2.36. The lowest BCUT2D eigenvalue weighted by molar-refractivity contribution is 0.288. The number of rotatable bonds is 1. The molecule has 0 atom stereocenters. The predicted octanol–water partition coefficient (Wildman–Crippen LogP) is 3.03. The van der Waals surface area contributed by atoms with Crippen LogP contribution in [0.3, 0.4) is 0 Å². The summed E-state index contributed by atoms with van der Waals surface area (Å²) in [6.45, 7) is 2.78. The Labute approximate surface area is 163 Å². The highest BCUT2D eigenvalue weighted by Crippen LogP contribution is 2.29. The molecule has 0 spiro atoms. The Morgan fingerprint density at radius 1 is 1.25 bits per heavy atom. The average Bonchev–Trinajstić information content (AvgIpc) is 3.21. The number of pyridine rings is 1. The van der Waals surface area contributed by atoms with Gasteiger partial charge in [0.05, 0.1) is 35.8 Å². The van der Waals surface area contributed by atoms with Crippen molar-refractivity contribution < 1.29 is 9.13 Å². The summed E-state index contributed by atoms with van der Waals surface area (Å²) in [6, 6.07) is 1.37. The number of hydrogen-bond acceptors (Lipinski definition) is 7. The molecule has 11 heteroatoms. The molecule has 0 unspecified atom stereocenters. The average molecular weight is 401 g/mol. The van der Waals surface area contributed by atoms with Gasteiger partial charge in [0.15, 0.2) is 10.8 Å². The van der Waals surface area contributed by atoms with Gasteiger partial charge in [-0.2, -0.15) is 10.1 Å². The molecule has 1 aliphatic heterocycles. The van der Waals surface area contributed by atoms with Gasteiger partial charge in [-0.05, 0) is 6.92 Å². The van der Waals surface area contributed by atoms with Gasteiger partial charge in [0, 0.05) is 25.2 Å². The molecule has 2 bridgehead atoms. The molecule has 0 fully saturated rings. The Kier molecular flexibility index (Phi) is 3.86. The van der Waals surface area contributed by atoms with Crippen molar-refractivity contribution >= 4 is 34.3 Å². The van der Waals surface area contributed by atoms with E-state index in [9.17, 15) is 4.39 Å². The topological polar surface area (TPSA) is 95.6 Å². The van der Waals surface area contributed by atoms with Crippen LogP contribution >= 0.6 is 11.6 Å². The molecule has 9 nitrogen and oxygen atoms in total. The first-order valence-electron chi connectivity index (χ1n) is 8.59. The van der Waals surface area contributed by atoms with E-state index in [1.54, 1.807) is 24.0 Å². The van der Waals surface area contributed by atoms with E-state index in [4.69, 9.17) is 16.3 Å². The van der Waals surface area contributed by atoms with Gasteiger partial charge >= 0.3 is 0 Å². The second kappa shape index (κ2) is 6.41. The van der Waals surface area contributed by atoms with E-state index in [0.29, 0.717) is 64.7 Å². The Hall–Kier alpha value is -3.27. The van der Waals surface area contributed by atoms with Crippen LogP contribution in [0, 0.1) is 12.7 Å². The number of hydrogen-bond donors (Lipinski definition) is 1. The fourth-order valence-corrected chi connectivity index (χ4v) is 3.27. The number of nitrogens with zero attached hydrogens (tertiary/aromatic N) is 7. The zero-order chi connectivity index (χ0) is 19.3. The van der Waals surface area contributed by atoms with Crippen LogP contribution < -0.4 is 10.1 Å². The van der Waals surface area contributed by atoms with Crippen LogP contribution in [-0.4, -0.2) is 41.1 Å². The van der Waals surface area contributed by atoms with E-state index in [-0.39, 0.29) is 0 Å². The highest BCUT2D eigenvalue weighted by Gasteiger charge is 2.18. The second-order valence-electron chi connectivity index (χ2n) is 6.32. The number of fused-ring (bicyclic) bond motifs is 2. The van der Waals surface area contributed by atoms with E-state index < -0.39 is 5.82 Å². The van der Waals surface area contributed by atoms with Gasteiger partial charge in [-0.25, -0.2) is 18.7 Å². The number of ether oxygens (including phenoxy) is 1. The summed E-state index contributed by atoms with van der Waals surface area (Å²) in [7, 11) is 0. The van der Waals surface area contributed by atoms with Crippen molar-refractivity contribution in [2.24, 2.45) is 0 Å². The molecule has 5 heterocycles. The molecule has 1 aliphatic rings. The fraction of sp³-hybridized carbons (Fsp3) is 0.235. The SMILES string of the molecule is Cc1ncc(F)cc1-n1cc2c(n1)OCCCn1nc(Cl)c3cnc(nc31)N2. The van der Waals surface area contributed by atoms with Crippen LogP contribution in [0.4, 0.5) is 16.0 Å². The zero-order valence-electron chi connectivity index (χ0n) is 14.7. The summed E-state index contributed by atoms with van der Waals surface area (Å²) in [4.78, 5) is 12.9. The Bertz CT molecular complexity index is 1200. The van der Waals surface area contributed by atoms with Crippen LogP contribution in [0.1, 0.15) is 12.1 Å². The molecule has 0 amide bonds. The number of anilines is 2. The molecule has 0 radical (unpaired) electrons. The highest BCUT2D eigenvalue weighted by molar-refractivity contribution is 6.34. The largest absolute Gasteiger partial charge is 0.475 e. The summed E-state index contributed by atoms with van der Waals surface area (Å²) in [5, 5.41) is 12.9. The molecule has 0 aliphatic carbocycles. The van der Waals surface area contributed by atoms with Gasteiger partial charge in [0.25, 0.3) is 5.88 Å². The molecular formula is C17H14ClFN8O. The minimum absolute atomic E-state index is 0.353. The smallest absolute Gasteiger partial charge is 0.257 e. The maximum atomic E-state index is 13.7. The Morgan fingerprint density at radius 3 is 3.04 bits per heavy atom. The van der Waals surface area contributed by atoms with E-state index in [0.717, 1.165) is 0 Å². The quantitative estimate of drug-likeness (QED) is 0.524. The van der Waals surface area contributed by atoms with Gasteiger partial charge in [0.2, 0.25) is 5.95 Å². The highest BCUT2D eigenvalue weighted by atomic mass is 35.5. The molecular weight excluding hydrogens is 387 g/mol. The van der Waals surface area contributed by atoms with Gasteiger partial charge in [0.1, 0.15) is 11.5 Å². The third-order valence-corrected chi connectivity index (χ3v) is 4.68. The third-order valence-electron chi connectivity index (χ3n) is 4.40. The molecule has 28 heavy (non-hydrogen) atoms. The lowest BCUT2D eigenvalue weighted by Gasteiger charge is -2.05. The van der Waals surface area contributed by atoms with Gasteiger partial charge in [-0.3, -0.25) is 4.98 Å². The standard InChI is InChI=1S/C17H14ClFN8O/c1-9-13(5-10(19)6-20-9)27-8-12-16(25-27)28-4-2-3-26-15-11(14(18)24-26)7-21-17(22-12)23-15/h5-8H,2-4H2,1H3,(H,21,22,23). The number of halogens is 2. The van der Waals surface area contributed by atoms with Gasteiger partial charge in [-0.1, -0.05) is 11.6 Å². The van der Waals surface area contributed by atoms with Crippen molar-refractivity contribution in [2.75, 3.05) is 11.9 Å². The zero-order valence-corrected chi connectivity index (χ0v) is 15.5. The molecule has 0 aromatic carbocycles. The lowest BCUT2D eigenvalue weighted by atomic mass is 10.3. The fourth-order valence-electron chi connectivity index (χ4n) is 3.04. The third kappa shape index (κ3) is 2.82. The minimum atomic E-state index is -0.443. The normalized spacial score (nSPS) is 13.7. The van der Waals surface area contributed by atoms with Gasteiger partial charge < -0.3 is 10.1 Å². The first-order chi connectivity index (χ1) is 13.6. The van der Waals surface area contributed by atoms with Crippen molar-refractivity contribution in [2.45, 2.75) is 19.9 Å². The summed E-state index contributed by atoms with van der Waals surface area (Å²) in [6.07, 6.45) is 5.16. The summed E-state index contributed by atoms with van der Waals surface area (Å²) in [5.74, 6) is 0.275. The predicted molar refractivity (Wildman–Crippen MR) is 99.8 cm³/mol. The maximum absolute atomic E-state index is 13.7. The molecule has 5 rings (SSSR count). The van der Waals surface area contributed by atoms with Crippen LogP contribution in [0.2, 0.25) is 5.15 Å². The van der Waals surface area contributed by atoms with Crippen LogP contribution in [0.25, 0.3) is 16.7 Å². The molecule has 1 N–H and O–H groups in total. The van der Waals surface area contributed by atoms with Crippen LogP contribution in [-0.2, 0) is 6.54 Å². The summed E-state index contributed by atoms with van der Waals surface area (Å²) < 4.78 is 22.7. The molecule has 0 saturated heterocycles. The van der Waals surface area contributed by atoms with E-state index in [2.05, 4.69) is 30.5 Å². The van der Waals surface area contributed by atoms with E-state index >= 15 is 0 Å².